The highest BCUT2D eigenvalue weighted by molar-refractivity contribution is 5.87. The Morgan fingerprint density at radius 1 is 1.32 bits per heavy atom. The molecule has 0 fully saturated rings. The summed E-state index contributed by atoms with van der Waals surface area (Å²) in [4.78, 5) is 17.3. The van der Waals surface area contributed by atoms with Crippen LogP contribution in [-0.4, -0.2) is 28.3 Å². The Hall–Kier alpha value is -2.60. The number of fused-ring (bicyclic) bond motifs is 1. The van der Waals surface area contributed by atoms with Crippen molar-refractivity contribution < 1.29 is 14.6 Å². The molecule has 0 saturated carbocycles. The molecule has 1 amide bonds. The Morgan fingerprint density at radius 2 is 2.04 bits per heavy atom. The summed E-state index contributed by atoms with van der Waals surface area (Å²) in [5, 5.41) is 13.0. The van der Waals surface area contributed by atoms with Gasteiger partial charge in [0.05, 0.1) is 17.9 Å². The third-order valence-corrected chi connectivity index (χ3v) is 4.16. The van der Waals surface area contributed by atoms with Gasteiger partial charge in [-0.3, -0.25) is 4.90 Å². The first-order chi connectivity index (χ1) is 11.9. The molecule has 1 atom stereocenters. The molecule has 6 heteroatoms. The van der Waals surface area contributed by atoms with Gasteiger partial charge in [0.15, 0.2) is 0 Å². The van der Waals surface area contributed by atoms with Crippen LogP contribution in [0.15, 0.2) is 42.6 Å². The van der Waals surface area contributed by atoms with E-state index in [0.717, 1.165) is 11.1 Å². The lowest BCUT2D eigenvalue weighted by atomic mass is 10.1. The van der Waals surface area contributed by atoms with E-state index in [1.807, 2.05) is 45.0 Å². The maximum atomic E-state index is 11.7. The second kappa shape index (κ2) is 6.72. The van der Waals surface area contributed by atoms with Crippen LogP contribution in [0.2, 0.25) is 0 Å². The Bertz CT molecular complexity index is 756. The number of hydrogen-bond donors (Lipinski definition) is 2. The highest BCUT2D eigenvalue weighted by Gasteiger charge is 2.29. The summed E-state index contributed by atoms with van der Waals surface area (Å²) >= 11 is 0. The number of benzene rings is 1. The van der Waals surface area contributed by atoms with Crippen molar-refractivity contribution in [1.29, 1.82) is 0 Å². The van der Waals surface area contributed by atoms with Crippen molar-refractivity contribution in [2.75, 3.05) is 11.5 Å². The van der Waals surface area contributed by atoms with E-state index < -0.39 is 11.6 Å². The molecule has 6 nitrogen and oxygen atoms in total. The second-order valence-corrected chi connectivity index (χ2v) is 7.10. The normalized spacial score (nSPS) is 17.2. The Kier molecular flexibility index (Phi) is 4.63. The molecule has 0 bridgehead atoms. The van der Waals surface area contributed by atoms with Crippen molar-refractivity contribution in [2.45, 2.75) is 38.9 Å². The van der Waals surface area contributed by atoms with E-state index in [9.17, 15) is 9.90 Å². The summed E-state index contributed by atoms with van der Waals surface area (Å²) in [7, 11) is 0. The molecule has 0 radical (unpaired) electrons. The summed E-state index contributed by atoms with van der Waals surface area (Å²) in [6.45, 7) is 6.60. The number of carboxylic acid groups (broad SMARTS) is 1. The first-order valence-corrected chi connectivity index (χ1v) is 8.29. The van der Waals surface area contributed by atoms with E-state index in [1.165, 1.54) is 4.90 Å². The average molecular weight is 341 g/mol. The molecule has 1 aromatic heterocycles. The first-order valence-electron chi connectivity index (χ1n) is 8.29. The molecular weight excluding hydrogens is 318 g/mol. The molecule has 132 valence electrons. The predicted octanol–water partition coefficient (Wildman–Crippen LogP) is 3.59. The van der Waals surface area contributed by atoms with Crippen LogP contribution in [0.5, 0.6) is 5.88 Å². The summed E-state index contributed by atoms with van der Waals surface area (Å²) < 4.78 is 5.86. The van der Waals surface area contributed by atoms with Crippen molar-refractivity contribution in [3.63, 3.8) is 0 Å². The van der Waals surface area contributed by atoms with Crippen LogP contribution in [0, 0.1) is 0 Å². The number of pyridine rings is 1. The Morgan fingerprint density at radius 3 is 2.68 bits per heavy atom. The molecule has 3 rings (SSSR count). The van der Waals surface area contributed by atoms with Crippen LogP contribution >= 0.6 is 0 Å². The SMILES string of the molecule is CC(C)(C)N(C(=O)O)c1cnc2c(c1)CN[C@H](c1ccccc1)CO2. The minimum absolute atomic E-state index is 0.0667. The number of amides is 1. The molecular formula is C19H23N3O3. The Balaban J connectivity index is 1.86. The highest BCUT2D eigenvalue weighted by Crippen LogP contribution is 2.30. The van der Waals surface area contributed by atoms with Crippen molar-refractivity contribution in [2.24, 2.45) is 0 Å². The van der Waals surface area contributed by atoms with Gasteiger partial charge in [-0.25, -0.2) is 9.78 Å². The second-order valence-electron chi connectivity index (χ2n) is 7.10. The first kappa shape index (κ1) is 17.2. The van der Waals surface area contributed by atoms with Gasteiger partial charge in [-0.2, -0.15) is 0 Å². The smallest absolute Gasteiger partial charge is 0.412 e. The van der Waals surface area contributed by atoms with Gasteiger partial charge in [0, 0.05) is 17.6 Å². The van der Waals surface area contributed by atoms with Gasteiger partial charge in [0.25, 0.3) is 0 Å². The fraction of sp³-hybridized carbons (Fsp3) is 0.368. The van der Waals surface area contributed by atoms with Gasteiger partial charge >= 0.3 is 6.09 Å². The van der Waals surface area contributed by atoms with Gasteiger partial charge < -0.3 is 15.2 Å². The predicted molar refractivity (Wildman–Crippen MR) is 96.0 cm³/mol. The summed E-state index contributed by atoms with van der Waals surface area (Å²) in [6, 6.07) is 12.0. The summed E-state index contributed by atoms with van der Waals surface area (Å²) in [5.41, 5.74) is 1.99. The topological polar surface area (TPSA) is 74.7 Å². The van der Waals surface area contributed by atoms with E-state index in [2.05, 4.69) is 22.4 Å². The monoisotopic (exact) mass is 341 g/mol. The fourth-order valence-electron chi connectivity index (χ4n) is 3.00. The van der Waals surface area contributed by atoms with E-state index in [-0.39, 0.29) is 6.04 Å². The molecule has 0 unspecified atom stereocenters. The molecule has 2 heterocycles. The van der Waals surface area contributed by atoms with Crippen LogP contribution in [0.3, 0.4) is 0 Å². The van der Waals surface area contributed by atoms with Crippen molar-refractivity contribution in [1.82, 2.24) is 10.3 Å². The molecule has 2 aromatic rings. The van der Waals surface area contributed by atoms with Crippen molar-refractivity contribution >= 4 is 11.8 Å². The maximum Gasteiger partial charge on any atom is 0.412 e. The van der Waals surface area contributed by atoms with Gasteiger partial charge in [-0.15, -0.1) is 0 Å². The molecule has 2 N–H and O–H groups in total. The molecule has 1 aromatic carbocycles. The van der Waals surface area contributed by atoms with Crippen molar-refractivity contribution in [3.05, 3.63) is 53.7 Å². The van der Waals surface area contributed by atoms with Gasteiger partial charge in [0.2, 0.25) is 5.88 Å². The molecule has 25 heavy (non-hydrogen) atoms. The quantitative estimate of drug-likeness (QED) is 0.873. The summed E-state index contributed by atoms with van der Waals surface area (Å²) in [6.07, 6.45) is 0.556. The van der Waals surface area contributed by atoms with E-state index in [1.54, 1.807) is 6.20 Å². The third-order valence-electron chi connectivity index (χ3n) is 4.16. The van der Waals surface area contributed by atoms with Crippen LogP contribution in [0.4, 0.5) is 10.5 Å². The maximum absolute atomic E-state index is 11.7. The Labute approximate surface area is 147 Å². The molecule has 1 aliphatic rings. The van der Waals surface area contributed by atoms with Crippen LogP contribution in [-0.2, 0) is 6.54 Å². The summed E-state index contributed by atoms with van der Waals surface area (Å²) in [5.74, 6) is 0.550. The number of ether oxygens (including phenoxy) is 1. The minimum atomic E-state index is -1.00. The van der Waals surface area contributed by atoms with E-state index in [4.69, 9.17) is 4.74 Å². The highest BCUT2D eigenvalue weighted by atomic mass is 16.5. The third kappa shape index (κ3) is 3.74. The van der Waals surface area contributed by atoms with Crippen LogP contribution < -0.4 is 15.0 Å². The van der Waals surface area contributed by atoms with Crippen molar-refractivity contribution in [3.8, 4) is 5.88 Å². The van der Waals surface area contributed by atoms with Crippen LogP contribution in [0.25, 0.3) is 0 Å². The number of nitrogens with zero attached hydrogens (tertiary/aromatic N) is 2. The molecule has 0 spiro atoms. The molecule has 0 saturated heterocycles. The largest absolute Gasteiger partial charge is 0.475 e. The minimum Gasteiger partial charge on any atom is -0.475 e. The van der Waals surface area contributed by atoms with Gasteiger partial charge in [0.1, 0.15) is 6.61 Å². The van der Waals surface area contributed by atoms with E-state index >= 15 is 0 Å². The molecule has 0 aliphatic carbocycles. The molecule has 1 aliphatic heterocycles. The number of rotatable bonds is 2. The zero-order chi connectivity index (χ0) is 18.0. The lowest BCUT2D eigenvalue weighted by molar-refractivity contribution is 0.195. The van der Waals surface area contributed by atoms with Gasteiger partial charge in [-0.05, 0) is 32.4 Å². The lowest BCUT2D eigenvalue weighted by Gasteiger charge is -2.33. The number of nitrogens with one attached hydrogen (secondary N) is 1. The standard InChI is InChI=1S/C19H23N3O3/c1-19(2,3)22(18(23)24)15-9-14-10-20-16(12-25-17(14)21-11-15)13-7-5-4-6-8-13/h4-9,11,16,20H,10,12H2,1-3H3,(H,23,24)/t16-/m0/s1. The number of hydrogen-bond acceptors (Lipinski definition) is 4. The number of aromatic nitrogens is 1. The number of anilines is 1. The average Bonchev–Trinajstić information content (AvgIpc) is 2.76. The van der Waals surface area contributed by atoms with Gasteiger partial charge in [-0.1, -0.05) is 30.3 Å². The zero-order valence-corrected chi connectivity index (χ0v) is 14.7. The lowest BCUT2D eigenvalue weighted by Crippen LogP contribution is -2.45. The fourth-order valence-corrected chi connectivity index (χ4v) is 3.00. The van der Waals surface area contributed by atoms with E-state index in [0.29, 0.717) is 24.7 Å². The van der Waals surface area contributed by atoms with Crippen LogP contribution in [0.1, 0.15) is 37.9 Å². The zero-order valence-electron chi connectivity index (χ0n) is 14.7. The number of carbonyl (C=O) groups is 1.